The highest BCUT2D eigenvalue weighted by Crippen LogP contribution is 2.79. The zero-order chi connectivity index (χ0) is 42.6. The van der Waals surface area contributed by atoms with Crippen LogP contribution in [0.3, 0.4) is 0 Å². The molecule has 0 N–H and O–H groups in total. The molecule has 0 spiro atoms. The van der Waals surface area contributed by atoms with Crippen LogP contribution in [-0.4, -0.2) is 0 Å². The zero-order valence-corrected chi connectivity index (χ0v) is 36.8. The molecule has 0 nitrogen and oxygen atoms in total. The largest absolute Gasteiger partial charge is 0.0622 e. The lowest BCUT2D eigenvalue weighted by Crippen LogP contribution is -2.67. The molecule has 0 aromatic heterocycles. The maximum atomic E-state index is 3.65. The molecule has 6 aromatic carbocycles. The Morgan fingerprint density at radius 3 is 0.906 bits per heavy atom. The summed E-state index contributed by atoms with van der Waals surface area (Å²) in [5.41, 5.74) is 12.2. The van der Waals surface area contributed by atoms with Gasteiger partial charge in [0.05, 0.1) is 0 Å². The standard InChI is InChI=1S/C64H54/c1-5-13-47(14-6-1)21-25-51-29-52(26-22-48-15-7-2-8-16-48)35-59(34-51)61-38-58-39-62(44-61,46-64(43-58,45-61)63-40-55-31-56(41-63)33-57(32-55)42-63)60-36-53(27-23-49-17-9-3-10-18-49)30-54(37-60)28-24-50-19-11-4-12-20-50/h1-20,29-30,34-37,55-58H,31-33,38-46H2. The minimum atomic E-state index is 0.0258. The first-order valence-corrected chi connectivity index (χ1v) is 24.0. The molecule has 8 fully saturated rings. The van der Waals surface area contributed by atoms with Crippen molar-refractivity contribution in [1.29, 1.82) is 0 Å². The van der Waals surface area contributed by atoms with Crippen molar-refractivity contribution in [1.82, 2.24) is 0 Å². The van der Waals surface area contributed by atoms with Crippen molar-refractivity contribution in [3.8, 4) is 47.4 Å². The Morgan fingerprint density at radius 2 is 0.578 bits per heavy atom. The number of hydrogen-bond donors (Lipinski definition) is 0. The van der Waals surface area contributed by atoms with Gasteiger partial charge >= 0.3 is 0 Å². The Hall–Kier alpha value is -6.44. The second-order valence-corrected chi connectivity index (χ2v) is 21.1. The molecule has 8 saturated carbocycles. The van der Waals surface area contributed by atoms with E-state index in [0.717, 1.165) is 68.7 Å². The molecule has 0 amide bonds. The van der Waals surface area contributed by atoms with Gasteiger partial charge in [-0.3, -0.25) is 0 Å². The van der Waals surface area contributed by atoms with Gasteiger partial charge in [-0.2, -0.15) is 0 Å². The van der Waals surface area contributed by atoms with Crippen LogP contribution in [0.15, 0.2) is 158 Å². The van der Waals surface area contributed by atoms with Crippen molar-refractivity contribution >= 4 is 0 Å². The molecule has 14 rings (SSSR count). The molecule has 6 aromatic rings. The lowest BCUT2D eigenvalue weighted by atomic mass is 9.29. The van der Waals surface area contributed by atoms with Crippen molar-refractivity contribution in [2.75, 3.05) is 0 Å². The summed E-state index contributed by atoms with van der Waals surface area (Å²) in [5, 5.41) is 0. The molecule has 0 heteroatoms. The van der Waals surface area contributed by atoms with Gasteiger partial charge in [-0.05, 0) is 218 Å². The smallest absolute Gasteiger partial charge is 0.0264 e. The molecule has 8 bridgehead atoms. The van der Waals surface area contributed by atoms with Gasteiger partial charge in [0.1, 0.15) is 0 Å². The monoisotopic (exact) mass is 822 g/mol. The van der Waals surface area contributed by atoms with Crippen LogP contribution in [0.5, 0.6) is 0 Å². The van der Waals surface area contributed by atoms with E-state index in [0.29, 0.717) is 16.7 Å². The average Bonchev–Trinajstić information content (AvgIpc) is 3.32. The van der Waals surface area contributed by atoms with Crippen molar-refractivity contribution in [2.24, 2.45) is 34.5 Å². The Kier molecular flexibility index (Phi) is 9.59. The summed E-state index contributed by atoms with van der Waals surface area (Å²) < 4.78 is 0. The van der Waals surface area contributed by atoms with E-state index < -0.39 is 0 Å². The van der Waals surface area contributed by atoms with E-state index in [-0.39, 0.29) is 10.8 Å². The fourth-order valence-electron chi connectivity index (χ4n) is 15.3. The molecule has 2 atom stereocenters. The molecule has 0 saturated heterocycles. The van der Waals surface area contributed by atoms with Gasteiger partial charge in [0, 0.05) is 44.5 Å². The van der Waals surface area contributed by atoms with Crippen LogP contribution in [0.25, 0.3) is 0 Å². The Bertz CT molecular complexity index is 2630. The maximum absolute atomic E-state index is 3.65. The molecule has 8 aliphatic carbocycles. The molecule has 0 radical (unpaired) electrons. The van der Waals surface area contributed by atoms with Gasteiger partial charge < -0.3 is 0 Å². The van der Waals surface area contributed by atoms with Crippen LogP contribution >= 0.6 is 0 Å². The lowest BCUT2D eigenvalue weighted by molar-refractivity contribution is -0.213. The topological polar surface area (TPSA) is 0 Å². The minimum absolute atomic E-state index is 0.0258. The average molecular weight is 823 g/mol. The van der Waals surface area contributed by atoms with Crippen LogP contribution in [0, 0.1) is 81.9 Å². The maximum Gasteiger partial charge on any atom is 0.0264 e. The summed E-state index contributed by atoms with van der Waals surface area (Å²) >= 11 is 0. The van der Waals surface area contributed by atoms with E-state index in [2.05, 4.69) is 205 Å². The first-order valence-electron chi connectivity index (χ1n) is 24.0. The second-order valence-electron chi connectivity index (χ2n) is 21.1. The first-order chi connectivity index (χ1) is 31.4. The van der Waals surface area contributed by atoms with Crippen molar-refractivity contribution < 1.29 is 0 Å². The second kappa shape index (κ2) is 15.7. The zero-order valence-electron chi connectivity index (χ0n) is 36.8. The predicted octanol–water partition coefficient (Wildman–Crippen LogP) is 13.7. The molecule has 310 valence electrons. The highest BCUT2D eigenvalue weighted by atomic mass is 14.7. The normalized spacial score (nSPS) is 29.8. The molecular formula is C64H54. The van der Waals surface area contributed by atoms with Crippen LogP contribution in [0.4, 0.5) is 0 Å². The summed E-state index contributed by atoms with van der Waals surface area (Å²) in [4.78, 5) is 0. The molecular weight excluding hydrogens is 769 g/mol. The molecule has 0 heterocycles. The lowest BCUT2D eigenvalue weighted by Gasteiger charge is -2.75. The van der Waals surface area contributed by atoms with Gasteiger partial charge in [-0.1, -0.05) is 120 Å². The molecule has 8 aliphatic rings. The van der Waals surface area contributed by atoms with Crippen LogP contribution in [-0.2, 0) is 10.8 Å². The van der Waals surface area contributed by atoms with Crippen molar-refractivity contribution in [3.63, 3.8) is 0 Å². The predicted molar refractivity (Wildman–Crippen MR) is 260 cm³/mol. The summed E-state index contributed by atoms with van der Waals surface area (Å²) in [5.74, 6) is 32.1. The van der Waals surface area contributed by atoms with E-state index >= 15 is 0 Å². The Labute approximate surface area is 381 Å². The molecule has 64 heavy (non-hydrogen) atoms. The summed E-state index contributed by atoms with van der Waals surface area (Å²) in [6, 6.07) is 56.3. The molecule has 0 aliphatic heterocycles. The third kappa shape index (κ3) is 7.30. The summed E-state index contributed by atoms with van der Waals surface area (Å²) in [6.45, 7) is 0. The Morgan fingerprint density at radius 1 is 0.281 bits per heavy atom. The quantitative estimate of drug-likeness (QED) is 0.156. The van der Waals surface area contributed by atoms with Gasteiger partial charge in [0.15, 0.2) is 0 Å². The fraction of sp³-hybridized carbons (Fsp3) is 0.312. The third-order valence-electron chi connectivity index (χ3n) is 16.8. The minimum Gasteiger partial charge on any atom is -0.0622 e. The Balaban J connectivity index is 1.04. The number of benzene rings is 6. The van der Waals surface area contributed by atoms with Crippen LogP contribution in [0.1, 0.15) is 133 Å². The first kappa shape index (κ1) is 39.2. The number of hydrogen-bond acceptors (Lipinski definition) is 0. The van der Waals surface area contributed by atoms with E-state index in [9.17, 15) is 0 Å². The highest BCUT2D eigenvalue weighted by molar-refractivity contribution is 5.56. The van der Waals surface area contributed by atoms with Crippen LogP contribution < -0.4 is 0 Å². The van der Waals surface area contributed by atoms with Gasteiger partial charge in [-0.15, -0.1) is 0 Å². The SMILES string of the molecule is C(#Cc1cc(C#Cc2ccccc2)cc(C23CC4CC(c5cc(C#Cc6ccccc6)cc(C#Cc6ccccc6)c5)(C2)CC(C25CC6CC(CC(C6)C2)C5)(C4)C3)c1)c1ccccc1. The summed E-state index contributed by atoms with van der Waals surface area (Å²) in [6.07, 6.45) is 16.4. The third-order valence-corrected chi connectivity index (χ3v) is 16.8. The fourth-order valence-corrected chi connectivity index (χ4v) is 15.3. The van der Waals surface area contributed by atoms with E-state index in [1.54, 1.807) is 0 Å². The van der Waals surface area contributed by atoms with Crippen molar-refractivity contribution in [3.05, 3.63) is 213 Å². The van der Waals surface area contributed by atoms with Crippen molar-refractivity contribution in [2.45, 2.75) is 87.9 Å². The molecule has 2 unspecified atom stereocenters. The van der Waals surface area contributed by atoms with E-state index in [1.807, 2.05) is 0 Å². The number of rotatable bonds is 3. The van der Waals surface area contributed by atoms with E-state index in [1.165, 1.54) is 81.8 Å². The van der Waals surface area contributed by atoms with Crippen LogP contribution in [0.2, 0.25) is 0 Å². The van der Waals surface area contributed by atoms with Gasteiger partial charge in [-0.25, -0.2) is 0 Å². The van der Waals surface area contributed by atoms with Gasteiger partial charge in [0.2, 0.25) is 0 Å². The van der Waals surface area contributed by atoms with E-state index in [4.69, 9.17) is 0 Å². The summed E-state index contributed by atoms with van der Waals surface area (Å²) in [7, 11) is 0. The van der Waals surface area contributed by atoms with Gasteiger partial charge in [0.25, 0.3) is 0 Å². The highest BCUT2D eigenvalue weighted by Gasteiger charge is 2.71.